The number of aliphatic carboxylic acids is 1. The van der Waals surface area contributed by atoms with Crippen molar-refractivity contribution >= 4 is 29.7 Å². The fraction of sp³-hybridized carbons (Fsp3) is 0.462. The van der Waals surface area contributed by atoms with Crippen molar-refractivity contribution in [2.75, 3.05) is 13.1 Å². The number of halogens is 4. The summed E-state index contributed by atoms with van der Waals surface area (Å²) in [5, 5.41) is 16.4. The van der Waals surface area contributed by atoms with Gasteiger partial charge in [0.15, 0.2) is 0 Å². The van der Waals surface area contributed by atoms with Crippen LogP contribution in [0.4, 0.5) is 13.2 Å². The van der Waals surface area contributed by atoms with Gasteiger partial charge in [-0.15, -0.1) is 12.4 Å². The summed E-state index contributed by atoms with van der Waals surface area (Å²) in [6.45, 7) is -0.597. The number of rotatable bonds is 4. The quantitative estimate of drug-likeness (QED) is 0.874. The van der Waals surface area contributed by atoms with Crippen LogP contribution < -0.4 is 0 Å². The molecule has 3 heterocycles. The van der Waals surface area contributed by atoms with Gasteiger partial charge in [-0.1, -0.05) is 5.16 Å². The minimum absolute atomic E-state index is 0. The standard InChI is InChI=1S/C13H12F3N3O3S.ClH/c14-13(15,16)9-4-19(3-8(9)12(20)21)5-10-17-11(18-22-10)7-1-2-23-6-7;/h1-2,6,8-9H,3-5H2,(H,20,21);1H/t8-,9-;/m1./s1. The summed E-state index contributed by atoms with van der Waals surface area (Å²) in [7, 11) is 0. The maximum atomic E-state index is 12.9. The molecule has 1 aliphatic rings. The van der Waals surface area contributed by atoms with Crippen molar-refractivity contribution in [2.24, 2.45) is 11.8 Å². The summed E-state index contributed by atoms with van der Waals surface area (Å²) in [5.74, 6) is -4.28. The van der Waals surface area contributed by atoms with E-state index in [4.69, 9.17) is 9.63 Å². The normalized spacial score (nSPS) is 21.6. The third-order valence-corrected chi connectivity index (χ3v) is 4.42. The number of hydrogen-bond acceptors (Lipinski definition) is 6. The van der Waals surface area contributed by atoms with Crippen molar-refractivity contribution in [3.63, 3.8) is 0 Å². The number of thiophene rings is 1. The predicted molar refractivity (Wildman–Crippen MR) is 80.8 cm³/mol. The molecule has 6 nitrogen and oxygen atoms in total. The molecule has 0 amide bonds. The number of likely N-dealkylation sites (tertiary alicyclic amines) is 1. The summed E-state index contributed by atoms with van der Waals surface area (Å²) in [4.78, 5) is 16.5. The molecule has 1 N–H and O–H groups in total. The molecule has 2 atom stereocenters. The highest BCUT2D eigenvalue weighted by Gasteiger charge is 2.52. The molecule has 1 saturated heterocycles. The lowest BCUT2D eigenvalue weighted by Crippen LogP contribution is -2.33. The second-order valence-corrected chi connectivity index (χ2v) is 6.09. The number of alkyl halides is 3. The van der Waals surface area contributed by atoms with Gasteiger partial charge in [-0.2, -0.15) is 29.5 Å². The van der Waals surface area contributed by atoms with E-state index in [1.807, 2.05) is 10.8 Å². The number of hydrogen-bond donors (Lipinski definition) is 1. The van der Waals surface area contributed by atoms with Crippen molar-refractivity contribution in [2.45, 2.75) is 12.7 Å². The first-order valence-corrected chi connectivity index (χ1v) is 7.66. The molecule has 3 rings (SSSR count). The molecule has 2 aromatic rings. The fourth-order valence-electron chi connectivity index (χ4n) is 2.62. The minimum atomic E-state index is -4.55. The highest BCUT2D eigenvalue weighted by Crippen LogP contribution is 2.38. The molecule has 24 heavy (non-hydrogen) atoms. The van der Waals surface area contributed by atoms with Crippen molar-refractivity contribution in [3.05, 3.63) is 22.7 Å². The van der Waals surface area contributed by atoms with E-state index in [1.165, 1.54) is 16.2 Å². The predicted octanol–water partition coefficient (Wildman–Crippen LogP) is 2.91. The summed E-state index contributed by atoms with van der Waals surface area (Å²) in [6.07, 6.45) is -4.55. The molecule has 2 aromatic heterocycles. The van der Waals surface area contributed by atoms with Gasteiger partial charge in [-0.05, 0) is 11.4 Å². The van der Waals surface area contributed by atoms with E-state index >= 15 is 0 Å². The topological polar surface area (TPSA) is 79.5 Å². The van der Waals surface area contributed by atoms with Crippen LogP contribution in [0.1, 0.15) is 5.89 Å². The molecule has 11 heteroatoms. The van der Waals surface area contributed by atoms with E-state index in [0.29, 0.717) is 5.82 Å². The third kappa shape index (κ3) is 3.87. The molecule has 0 unspecified atom stereocenters. The van der Waals surface area contributed by atoms with Gasteiger partial charge in [0.05, 0.1) is 18.4 Å². The third-order valence-electron chi connectivity index (χ3n) is 3.74. The summed E-state index contributed by atoms with van der Waals surface area (Å²) in [5.41, 5.74) is 0.767. The second-order valence-electron chi connectivity index (χ2n) is 5.31. The number of nitrogens with zero attached hydrogens (tertiary/aromatic N) is 3. The molecular formula is C13H13ClF3N3O3S. The van der Waals surface area contributed by atoms with Crippen molar-refractivity contribution < 1.29 is 27.6 Å². The Morgan fingerprint density at radius 3 is 2.75 bits per heavy atom. The maximum Gasteiger partial charge on any atom is 0.393 e. The van der Waals surface area contributed by atoms with E-state index < -0.39 is 30.5 Å². The zero-order valence-electron chi connectivity index (χ0n) is 12.1. The van der Waals surface area contributed by atoms with Crippen LogP contribution in [-0.2, 0) is 11.3 Å². The number of aromatic nitrogens is 2. The zero-order chi connectivity index (χ0) is 16.6. The summed E-state index contributed by atoms with van der Waals surface area (Å²) < 4.78 is 43.8. The van der Waals surface area contributed by atoms with Crippen LogP contribution in [-0.4, -0.2) is 45.4 Å². The van der Waals surface area contributed by atoms with Crippen LogP contribution in [0.2, 0.25) is 0 Å². The summed E-state index contributed by atoms with van der Waals surface area (Å²) in [6, 6.07) is 1.80. The first-order valence-electron chi connectivity index (χ1n) is 6.71. The van der Waals surface area contributed by atoms with Gasteiger partial charge in [0, 0.05) is 24.0 Å². The molecule has 1 aliphatic heterocycles. The molecule has 0 aromatic carbocycles. The summed E-state index contributed by atoms with van der Waals surface area (Å²) >= 11 is 1.46. The van der Waals surface area contributed by atoms with E-state index in [-0.39, 0.29) is 31.4 Å². The monoisotopic (exact) mass is 383 g/mol. The van der Waals surface area contributed by atoms with E-state index in [9.17, 15) is 18.0 Å². The lowest BCUT2D eigenvalue weighted by atomic mass is 9.96. The van der Waals surface area contributed by atoms with Gasteiger partial charge >= 0.3 is 12.1 Å². The molecule has 0 aliphatic carbocycles. The number of carboxylic acid groups (broad SMARTS) is 1. The number of carboxylic acids is 1. The molecule has 0 bridgehead atoms. The van der Waals surface area contributed by atoms with Gasteiger partial charge in [0.2, 0.25) is 11.7 Å². The Morgan fingerprint density at radius 2 is 2.21 bits per heavy atom. The first kappa shape index (κ1) is 18.7. The number of carbonyl (C=O) groups is 1. The highest BCUT2D eigenvalue weighted by molar-refractivity contribution is 7.08. The Balaban J connectivity index is 0.00000208. The van der Waals surface area contributed by atoms with Gasteiger partial charge in [0.25, 0.3) is 0 Å². The van der Waals surface area contributed by atoms with E-state index in [2.05, 4.69) is 10.1 Å². The van der Waals surface area contributed by atoms with Crippen molar-refractivity contribution in [1.82, 2.24) is 15.0 Å². The molecule has 0 spiro atoms. The molecule has 132 valence electrons. The fourth-order valence-corrected chi connectivity index (χ4v) is 3.25. The largest absolute Gasteiger partial charge is 0.481 e. The van der Waals surface area contributed by atoms with Gasteiger partial charge < -0.3 is 9.63 Å². The average Bonchev–Trinajstić information content (AvgIpc) is 3.17. The minimum Gasteiger partial charge on any atom is -0.481 e. The van der Waals surface area contributed by atoms with Crippen LogP contribution in [0.25, 0.3) is 11.4 Å². The van der Waals surface area contributed by atoms with Crippen LogP contribution in [0.5, 0.6) is 0 Å². The van der Waals surface area contributed by atoms with Crippen molar-refractivity contribution in [3.8, 4) is 11.4 Å². The van der Waals surface area contributed by atoms with Gasteiger partial charge in [-0.3, -0.25) is 9.69 Å². The SMILES string of the molecule is Cl.O=C(O)[C@@H]1CN(Cc2nc(-c3ccsc3)no2)C[C@H]1C(F)(F)F. The Hall–Kier alpha value is -1.65. The smallest absolute Gasteiger partial charge is 0.393 e. The molecule has 0 saturated carbocycles. The van der Waals surface area contributed by atoms with E-state index in [1.54, 1.807) is 6.07 Å². The van der Waals surface area contributed by atoms with E-state index in [0.717, 1.165) is 5.56 Å². The Morgan fingerprint density at radius 1 is 1.46 bits per heavy atom. The van der Waals surface area contributed by atoms with Crippen LogP contribution >= 0.6 is 23.7 Å². The molecular weight excluding hydrogens is 371 g/mol. The average molecular weight is 384 g/mol. The Kier molecular flexibility index (Phi) is 5.51. The highest BCUT2D eigenvalue weighted by atomic mass is 35.5. The lowest BCUT2D eigenvalue weighted by Gasteiger charge is -2.17. The molecule has 1 fully saturated rings. The van der Waals surface area contributed by atoms with Crippen LogP contribution in [0, 0.1) is 11.8 Å². The Bertz CT molecular complexity index is 692. The Labute approximate surface area is 144 Å². The van der Waals surface area contributed by atoms with Crippen LogP contribution in [0.15, 0.2) is 21.3 Å². The lowest BCUT2D eigenvalue weighted by molar-refractivity contribution is -0.188. The zero-order valence-corrected chi connectivity index (χ0v) is 13.7. The van der Waals surface area contributed by atoms with Crippen LogP contribution in [0.3, 0.4) is 0 Å². The molecule has 0 radical (unpaired) electrons. The maximum absolute atomic E-state index is 12.9. The van der Waals surface area contributed by atoms with Crippen molar-refractivity contribution in [1.29, 1.82) is 0 Å². The first-order chi connectivity index (χ1) is 10.8. The van der Waals surface area contributed by atoms with Gasteiger partial charge in [-0.25, -0.2) is 0 Å². The second kappa shape index (κ2) is 7.08. The van der Waals surface area contributed by atoms with Gasteiger partial charge in [0.1, 0.15) is 0 Å².